The molecule has 0 spiro atoms. The van der Waals surface area contributed by atoms with Gasteiger partial charge in [-0.25, -0.2) is 4.39 Å². The van der Waals surface area contributed by atoms with Crippen LogP contribution in [0.2, 0.25) is 0 Å². The smallest absolute Gasteiger partial charge is 0.265 e. The van der Waals surface area contributed by atoms with Gasteiger partial charge >= 0.3 is 0 Å². The quantitative estimate of drug-likeness (QED) is 0.577. The molecule has 1 atom stereocenters. The zero-order valence-electron chi connectivity index (χ0n) is 16.6. The summed E-state index contributed by atoms with van der Waals surface area (Å²) in [6, 6.07) is 22.2. The first kappa shape index (κ1) is 21.0. The van der Waals surface area contributed by atoms with E-state index in [-0.39, 0.29) is 11.7 Å². The van der Waals surface area contributed by atoms with Crippen LogP contribution >= 0.6 is 0 Å². The molecule has 0 aliphatic rings. The third-order valence-electron chi connectivity index (χ3n) is 4.49. The van der Waals surface area contributed by atoms with Gasteiger partial charge < -0.3 is 15.4 Å². The predicted molar refractivity (Wildman–Crippen MR) is 114 cm³/mol. The molecule has 0 aliphatic carbocycles. The maximum Gasteiger partial charge on any atom is 0.265 e. The van der Waals surface area contributed by atoms with Gasteiger partial charge in [-0.2, -0.15) is 0 Å². The number of para-hydroxylation sites is 2. The van der Waals surface area contributed by atoms with Crippen LogP contribution < -0.4 is 15.4 Å². The number of carbonyl (C=O) groups excluding carboxylic acids is 2. The molecule has 3 rings (SSSR count). The van der Waals surface area contributed by atoms with Crippen molar-refractivity contribution in [1.29, 1.82) is 0 Å². The summed E-state index contributed by atoms with van der Waals surface area (Å²) >= 11 is 0. The van der Waals surface area contributed by atoms with Crippen LogP contribution in [0.4, 0.5) is 10.1 Å². The molecule has 0 bridgehead atoms. The summed E-state index contributed by atoms with van der Waals surface area (Å²) in [7, 11) is 0. The molecule has 154 valence electrons. The molecule has 0 unspecified atom stereocenters. The van der Waals surface area contributed by atoms with E-state index >= 15 is 0 Å². The van der Waals surface area contributed by atoms with Crippen LogP contribution in [0.15, 0.2) is 78.9 Å². The van der Waals surface area contributed by atoms with Gasteiger partial charge in [0.1, 0.15) is 0 Å². The third kappa shape index (κ3) is 5.44. The lowest BCUT2D eigenvalue weighted by Crippen LogP contribution is -2.33. The van der Waals surface area contributed by atoms with E-state index in [1.807, 2.05) is 30.3 Å². The van der Waals surface area contributed by atoms with Gasteiger partial charge in [-0.15, -0.1) is 0 Å². The second-order valence-corrected chi connectivity index (χ2v) is 6.65. The Morgan fingerprint density at radius 1 is 0.933 bits per heavy atom. The molecule has 0 radical (unpaired) electrons. The van der Waals surface area contributed by atoms with Gasteiger partial charge in [-0.3, -0.25) is 9.59 Å². The van der Waals surface area contributed by atoms with Gasteiger partial charge in [0.25, 0.3) is 11.8 Å². The van der Waals surface area contributed by atoms with Gasteiger partial charge in [-0.1, -0.05) is 61.5 Å². The fourth-order valence-electron chi connectivity index (χ4n) is 2.89. The van der Waals surface area contributed by atoms with Crippen molar-refractivity contribution >= 4 is 17.5 Å². The Kier molecular flexibility index (Phi) is 7.16. The Hall–Kier alpha value is -3.67. The highest BCUT2D eigenvalue weighted by Crippen LogP contribution is 2.20. The van der Waals surface area contributed by atoms with Crippen molar-refractivity contribution < 1.29 is 18.7 Å². The lowest BCUT2D eigenvalue weighted by Gasteiger charge is -2.19. The molecular formula is C24H23FN2O3. The number of rotatable bonds is 8. The van der Waals surface area contributed by atoms with E-state index in [2.05, 4.69) is 10.6 Å². The number of ether oxygens (including phenoxy) is 1. The number of nitrogens with one attached hydrogen (secondary N) is 2. The largest absolute Gasteiger partial charge is 0.478 e. The van der Waals surface area contributed by atoms with Crippen LogP contribution in [-0.4, -0.2) is 17.9 Å². The van der Waals surface area contributed by atoms with Crippen molar-refractivity contribution in [2.45, 2.75) is 26.0 Å². The second kappa shape index (κ2) is 10.2. The number of hydrogen-bond acceptors (Lipinski definition) is 3. The first-order valence-corrected chi connectivity index (χ1v) is 9.71. The fourth-order valence-corrected chi connectivity index (χ4v) is 2.89. The van der Waals surface area contributed by atoms with Crippen LogP contribution in [0.25, 0.3) is 0 Å². The molecule has 3 aromatic rings. The summed E-state index contributed by atoms with van der Waals surface area (Å²) in [5.74, 6) is -1.29. The lowest BCUT2D eigenvalue weighted by molar-refractivity contribution is -0.122. The molecule has 2 N–H and O–H groups in total. The second-order valence-electron chi connectivity index (χ2n) is 6.65. The van der Waals surface area contributed by atoms with E-state index in [9.17, 15) is 14.0 Å². The molecule has 0 heterocycles. The van der Waals surface area contributed by atoms with Crippen molar-refractivity contribution in [1.82, 2.24) is 5.32 Å². The third-order valence-corrected chi connectivity index (χ3v) is 4.49. The maximum absolute atomic E-state index is 13.9. The van der Waals surface area contributed by atoms with Crippen molar-refractivity contribution in [3.63, 3.8) is 0 Å². The van der Waals surface area contributed by atoms with Crippen molar-refractivity contribution in [2.75, 3.05) is 5.32 Å². The molecule has 30 heavy (non-hydrogen) atoms. The number of anilines is 1. The standard InChI is InChI=1S/C24H23FN2O3/c1-2-21(30-22-15-9-7-13-19(22)25)24(29)27-20-14-8-6-12-18(20)23(28)26-16-17-10-4-3-5-11-17/h3-15,21H,2,16H2,1H3,(H,26,28)(H,27,29)/t21-/m0/s1. The summed E-state index contributed by atoms with van der Waals surface area (Å²) in [5.41, 5.74) is 1.67. The van der Waals surface area contributed by atoms with Crippen LogP contribution in [-0.2, 0) is 11.3 Å². The monoisotopic (exact) mass is 406 g/mol. The van der Waals surface area contributed by atoms with Gasteiger partial charge in [0.05, 0.1) is 11.3 Å². The minimum Gasteiger partial charge on any atom is -0.478 e. The molecule has 0 saturated heterocycles. The minimum absolute atomic E-state index is 0.00777. The van der Waals surface area contributed by atoms with E-state index < -0.39 is 17.8 Å². The Balaban J connectivity index is 1.69. The lowest BCUT2D eigenvalue weighted by atomic mass is 10.1. The minimum atomic E-state index is -0.901. The van der Waals surface area contributed by atoms with E-state index in [0.717, 1.165) is 5.56 Å². The molecule has 5 nitrogen and oxygen atoms in total. The summed E-state index contributed by atoms with van der Waals surface area (Å²) in [4.78, 5) is 25.4. The number of hydrogen-bond donors (Lipinski definition) is 2. The summed E-state index contributed by atoms with van der Waals surface area (Å²) in [6.07, 6.45) is -0.565. The predicted octanol–water partition coefficient (Wildman–Crippen LogP) is 4.55. The average molecular weight is 406 g/mol. The molecule has 0 aromatic heterocycles. The van der Waals surface area contributed by atoms with E-state index in [4.69, 9.17) is 4.74 Å². The van der Waals surface area contributed by atoms with Crippen LogP contribution in [0.5, 0.6) is 5.75 Å². The van der Waals surface area contributed by atoms with Gasteiger partial charge in [0.15, 0.2) is 17.7 Å². The molecule has 0 saturated carbocycles. The first-order valence-electron chi connectivity index (χ1n) is 9.71. The highest BCUT2D eigenvalue weighted by molar-refractivity contribution is 6.04. The van der Waals surface area contributed by atoms with Crippen molar-refractivity contribution in [3.05, 3.63) is 95.8 Å². The van der Waals surface area contributed by atoms with E-state index in [1.165, 1.54) is 12.1 Å². The molecule has 3 aromatic carbocycles. The zero-order valence-corrected chi connectivity index (χ0v) is 16.6. The number of halogens is 1. The van der Waals surface area contributed by atoms with E-state index in [0.29, 0.717) is 24.2 Å². The van der Waals surface area contributed by atoms with Crippen molar-refractivity contribution in [2.24, 2.45) is 0 Å². The number of carbonyl (C=O) groups is 2. The Morgan fingerprint density at radius 2 is 1.60 bits per heavy atom. The van der Waals surface area contributed by atoms with Gasteiger partial charge in [0, 0.05) is 6.54 Å². The number of amides is 2. The normalized spacial score (nSPS) is 11.4. The molecule has 0 aliphatic heterocycles. The molecule has 6 heteroatoms. The SMILES string of the molecule is CC[C@H](Oc1ccccc1F)C(=O)Nc1ccccc1C(=O)NCc1ccccc1. The maximum atomic E-state index is 13.9. The molecular weight excluding hydrogens is 383 g/mol. The first-order chi connectivity index (χ1) is 14.6. The Bertz CT molecular complexity index is 1010. The zero-order chi connectivity index (χ0) is 21.3. The van der Waals surface area contributed by atoms with Crippen LogP contribution in [0, 0.1) is 5.82 Å². The number of benzene rings is 3. The Labute approximate surface area is 174 Å². The summed E-state index contributed by atoms with van der Waals surface area (Å²) in [6.45, 7) is 2.14. The van der Waals surface area contributed by atoms with Crippen molar-refractivity contribution in [3.8, 4) is 5.75 Å². The molecule has 2 amide bonds. The highest BCUT2D eigenvalue weighted by Gasteiger charge is 2.22. The van der Waals surface area contributed by atoms with E-state index in [1.54, 1.807) is 43.3 Å². The Morgan fingerprint density at radius 3 is 2.33 bits per heavy atom. The van der Waals surface area contributed by atoms with Gasteiger partial charge in [-0.05, 0) is 36.2 Å². The summed E-state index contributed by atoms with van der Waals surface area (Å²) in [5, 5.41) is 5.58. The topological polar surface area (TPSA) is 67.4 Å². The highest BCUT2D eigenvalue weighted by atomic mass is 19.1. The van der Waals surface area contributed by atoms with Crippen LogP contribution in [0.3, 0.4) is 0 Å². The summed E-state index contributed by atoms with van der Waals surface area (Å²) < 4.78 is 19.4. The fraction of sp³-hybridized carbons (Fsp3) is 0.167. The van der Waals surface area contributed by atoms with Gasteiger partial charge in [0.2, 0.25) is 0 Å². The average Bonchev–Trinajstić information content (AvgIpc) is 2.78. The van der Waals surface area contributed by atoms with Crippen LogP contribution in [0.1, 0.15) is 29.3 Å². The molecule has 0 fully saturated rings.